The Bertz CT molecular complexity index is 681. The molecule has 1 fully saturated rings. The molecule has 0 N–H and O–H groups in total. The number of fused-ring (bicyclic) bond motifs is 1. The summed E-state index contributed by atoms with van der Waals surface area (Å²) < 4.78 is 0.871. The number of para-hydroxylation sites is 1. The Morgan fingerprint density at radius 3 is 2.50 bits per heavy atom. The SMILES string of the molecule is O=C1CCCCC(=O)N1c1cccc2cc(Br)cnc12. The first kappa shape index (κ1) is 13.2. The first-order chi connectivity index (χ1) is 9.66. The molecule has 2 aromatic rings. The number of carbonyl (C=O) groups is 2. The molecular formula is C15H13BrN2O2. The Balaban J connectivity index is 2.17. The molecule has 0 saturated carbocycles. The number of halogens is 1. The Hall–Kier alpha value is -1.75. The van der Waals surface area contributed by atoms with Gasteiger partial charge in [-0.25, -0.2) is 4.90 Å². The molecule has 1 saturated heterocycles. The molecule has 0 unspecified atom stereocenters. The van der Waals surface area contributed by atoms with Gasteiger partial charge in [0, 0.05) is 28.9 Å². The molecule has 102 valence electrons. The number of nitrogens with zero attached hydrogens (tertiary/aromatic N) is 2. The van der Waals surface area contributed by atoms with E-state index in [1.807, 2.05) is 18.2 Å². The zero-order chi connectivity index (χ0) is 14.1. The number of hydrogen-bond donors (Lipinski definition) is 0. The topological polar surface area (TPSA) is 50.3 Å². The highest BCUT2D eigenvalue weighted by Gasteiger charge is 2.27. The average Bonchev–Trinajstić information content (AvgIpc) is 2.59. The summed E-state index contributed by atoms with van der Waals surface area (Å²) in [5, 5.41) is 0.904. The van der Waals surface area contributed by atoms with E-state index in [-0.39, 0.29) is 11.8 Å². The third-order valence-corrected chi connectivity index (χ3v) is 3.86. The summed E-state index contributed by atoms with van der Waals surface area (Å²) in [4.78, 5) is 30.1. The van der Waals surface area contributed by atoms with Gasteiger partial charge < -0.3 is 0 Å². The molecule has 0 bridgehead atoms. The lowest BCUT2D eigenvalue weighted by atomic mass is 10.1. The van der Waals surface area contributed by atoms with Crippen molar-refractivity contribution < 1.29 is 9.59 Å². The van der Waals surface area contributed by atoms with Crippen molar-refractivity contribution in [2.45, 2.75) is 25.7 Å². The fourth-order valence-electron chi connectivity index (χ4n) is 2.48. The monoisotopic (exact) mass is 332 g/mol. The van der Waals surface area contributed by atoms with Crippen LogP contribution in [0.1, 0.15) is 25.7 Å². The number of aromatic nitrogens is 1. The van der Waals surface area contributed by atoms with Crippen molar-refractivity contribution in [3.63, 3.8) is 0 Å². The summed E-state index contributed by atoms with van der Waals surface area (Å²) in [5.74, 6) is -0.269. The van der Waals surface area contributed by atoms with Crippen molar-refractivity contribution in [3.05, 3.63) is 34.9 Å². The lowest BCUT2D eigenvalue weighted by molar-refractivity contribution is -0.125. The van der Waals surface area contributed by atoms with E-state index in [1.165, 1.54) is 4.90 Å². The second-order valence-corrected chi connectivity index (χ2v) is 5.75. The first-order valence-corrected chi connectivity index (χ1v) is 7.36. The molecule has 0 aliphatic carbocycles. The fraction of sp³-hybridized carbons (Fsp3) is 0.267. The van der Waals surface area contributed by atoms with E-state index < -0.39 is 0 Å². The van der Waals surface area contributed by atoms with E-state index >= 15 is 0 Å². The number of amides is 2. The van der Waals surface area contributed by atoms with Crippen molar-refractivity contribution in [2.24, 2.45) is 0 Å². The molecule has 2 amide bonds. The van der Waals surface area contributed by atoms with Gasteiger partial charge in [0.15, 0.2) is 0 Å². The second-order valence-electron chi connectivity index (χ2n) is 4.83. The molecule has 0 atom stereocenters. The number of imide groups is 1. The van der Waals surface area contributed by atoms with Gasteiger partial charge in [0.05, 0.1) is 11.2 Å². The van der Waals surface area contributed by atoms with E-state index in [9.17, 15) is 9.59 Å². The van der Waals surface area contributed by atoms with Gasteiger partial charge in [-0.05, 0) is 40.9 Å². The van der Waals surface area contributed by atoms with Gasteiger partial charge in [-0.1, -0.05) is 12.1 Å². The van der Waals surface area contributed by atoms with Crippen LogP contribution >= 0.6 is 15.9 Å². The maximum absolute atomic E-state index is 12.2. The standard InChI is InChI=1S/C15H13BrN2O2/c16-11-8-10-4-3-5-12(15(10)17-9-11)18-13(19)6-1-2-7-14(18)20/h3-5,8-9H,1-2,6-7H2. The first-order valence-electron chi connectivity index (χ1n) is 6.57. The minimum absolute atomic E-state index is 0.135. The third kappa shape index (κ3) is 2.33. The minimum Gasteiger partial charge on any atom is -0.274 e. The van der Waals surface area contributed by atoms with Crippen LogP contribution in [0, 0.1) is 0 Å². The van der Waals surface area contributed by atoms with Crippen LogP contribution in [0.2, 0.25) is 0 Å². The number of carbonyl (C=O) groups excluding carboxylic acids is 2. The Morgan fingerprint density at radius 1 is 1.10 bits per heavy atom. The molecule has 0 spiro atoms. The van der Waals surface area contributed by atoms with Crippen LogP contribution in [0.3, 0.4) is 0 Å². The van der Waals surface area contributed by atoms with Gasteiger partial charge in [0.25, 0.3) is 0 Å². The maximum atomic E-state index is 12.2. The number of rotatable bonds is 1. The van der Waals surface area contributed by atoms with Crippen LogP contribution in [0.4, 0.5) is 5.69 Å². The van der Waals surface area contributed by atoms with Crippen LogP contribution < -0.4 is 4.90 Å². The molecule has 0 radical (unpaired) electrons. The predicted octanol–water partition coefficient (Wildman–Crippen LogP) is 3.43. The van der Waals surface area contributed by atoms with E-state index in [1.54, 1.807) is 12.3 Å². The molecule has 1 aliphatic heterocycles. The summed E-state index contributed by atoms with van der Waals surface area (Å²) in [6.45, 7) is 0. The second kappa shape index (κ2) is 5.32. The van der Waals surface area contributed by atoms with Gasteiger partial charge >= 0.3 is 0 Å². The van der Waals surface area contributed by atoms with Gasteiger partial charge in [-0.15, -0.1) is 0 Å². The lowest BCUT2D eigenvalue weighted by Gasteiger charge is -2.20. The molecule has 5 heteroatoms. The molecule has 1 aromatic heterocycles. The summed E-state index contributed by atoms with van der Waals surface area (Å²) in [5.41, 5.74) is 1.27. The van der Waals surface area contributed by atoms with Crippen LogP contribution in [-0.2, 0) is 9.59 Å². The van der Waals surface area contributed by atoms with Crippen molar-refractivity contribution in [3.8, 4) is 0 Å². The quantitative estimate of drug-likeness (QED) is 0.751. The molecule has 3 rings (SSSR count). The minimum atomic E-state index is -0.135. The molecule has 1 aromatic carbocycles. The average molecular weight is 333 g/mol. The lowest BCUT2D eigenvalue weighted by Crippen LogP contribution is -2.35. The summed E-state index contributed by atoms with van der Waals surface area (Å²) in [7, 11) is 0. The van der Waals surface area contributed by atoms with Crippen LogP contribution in [-0.4, -0.2) is 16.8 Å². The van der Waals surface area contributed by atoms with Crippen molar-refractivity contribution in [2.75, 3.05) is 4.90 Å². The van der Waals surface area contributed by atoms with Crippen LogP contribution in [0.25, 0.3) is 10.9 Å². The number of benzene rings is 1. The molecule has 1 aliphatic rings. The normalized spacial score (nSPS) is 16.6. The van der Waals surface area contributed by atoms with E-state index in [2.05, 4.69) is 20.9 Å². The van der Waals surface area contributed by atoms with Crippen molar-refractivity contribution >= 4 is 44.3 Å². The Labute approximate surface area is 124 Å². The van der Waals surface area contributed by atoms with E-state index in [4.69, 9.17) is 0 Å². The summed E-state index contributed by atoms with van der Waals surface area (Å²) in [6.07, 6.45) is 4.05. The highest BCUT2D eigenvalue weighted by Crippen LogP contribution is 2.29. The summed E-state index contributed by atoms with van der Waals surface area (Å²) >= 11 is 3.38. The van der Waals surface area contributed by atoms with E-state index in [0.29, 0.717) is 24.0 Å². The number of pyridine rings is 1. The van der Waals surface area contributed by atoms with E-state index in [0.717, 1.165) is 22.7 Å². The van der Waals surface area contributed by atoms with Crippen molar-refractivity contribution in [1.29, 1.82) is 0 Å². The van der Waals surface area contributed by atoms with Gasteiger partial charge in [-0.3, -0.25) is 14.6 Å². The maximum Gasteiger partial charge on any atom is 0.233 e. The highest BCUT2D eigenvalue weighted by atomic mass is 79.9. The molecule has 4 nitrogen and oxygen atoms in total. The zero-order valence-electron chi connectivity index (χ0n) is 10.8. The van der Waals surface area contributed by atoms with Crippen molar-refractivity contribution in [1.82, 2.24) is 4.98 Å². The Morgan fingerprint density at radius 2 is 1.80 bits per heavy atom. The smallest absolute Gasteiger partial charge is 0.233 e. The van der Waals surface area contributed by atoms with Crippen LogP contribution in [0.5, 0.6) is 0 Å². The number of anilines is 1. The summed E-state index contributed by atoms with van der Waals surface area (Å²) in [6, 6.07) is 7.48. The largest absolute Gasteiger partial charge is 0.274 e. The van der Waals surface area contributed by atoms with Gasteiger partial charge in [0.2, 0.25) is 11.8 Å². The predicted molar refractivity (Wildman–Crippen MR) is 80.4 cm³/mol. The molecule has 20 heavy (non-hydrogen) atoms. The van der Waals surface area contributed by atoms with Crippen LogP contribution in [0.15, 0.2) is 34.9 Å². The third-order valence-electron chi connectivity index (χ3n) is 3.43. The van der Waals surface area contributed by atoms with Gasteiger partial charge in [-0.2, -0.15) is 0 Å². The Kier molecular flexibility index (Phi) is 3.53. The molecular weight excluding hydrogens is 320 g/mol. The highest BCUT2D eigenvalue weighted by molar-refractivity contribution is 9.10. The van der Waals surface area contributed by atoms with Gasteiger partial charge in [0.1, 0.15) is 0 Å². The molecule has 2 heterocycles. The number of hydrogen-bond acceptors (Lipinski definition) is 3. The zero-order valence-corrected chi connectivity index (χ0v) is 12.4. The fourth-order valence-corrected chi connectivity index (χ4v) is 2.83.